The number of rotatable bonds is 6. The average molecular weight is 307 g/mol. The molecule has 0 radical (unpaired) electrons. The van der Waals surface area contributed by atoms with Gasteiger partial charge < -0.3 is 9.47 Å². The van der Waals surface area contributed by atoms with E-state index >= 15 is 0 Å². The first kappa shape index (κ1) is 16.7. The first-order chi connectivity index (χ1) is 9.51. The zero-order valence-electron chi connectivity index (χ0n) is 10.7. The Morgan fingerprint density at radius 3 is 2.70 bits per heavy atom. The molecule has 6 heteroatoms. The minimum absolute atomic E-state index is 0.00521. The molecule has 0 fully saturated rings. The summed E-state index contributed by atoms with van der Waals surface area (Å²) in [4.78, 5) is 0. The van der Waals surface area contributed by atoms with Crippen molar-refractivity contribution in [2.24, 2.45) is 0 Å². The molecule has 0 saturated heterocycles. The van der Waals surface area contributed by atoms with Gasteiger partial charge >= 0.3 is 6.18 Å². The number of halogens is 4. The molecule has 0 aliphatic carbocycles. The predicted molar refractivity (Wildman–Crippen MR) is 71.0 cm³/mol. The fourth-order valence-corrected chi connectivity index (χ4v) is 1.40. The van der Waals surface area contributed by atoms with Gasteiger partial charge in [0.1, 0.15) is 12.4 Å². The van der Waals surface area contributed by atoms with E-state index in [4.69, 9.17) is 16.3 Å². The van der Waals surface area contributed by atoms with Crippen LogP contribution in [0.25, 0.3) is 0 Å². The normalized spacial score (nSPS) is 10.8. The molecule has 20 heavy (non-hydrogen) atoms. The summed E-state index contributed by atoms with van der Waals surface area (Å²) in [5.74, 6) is 6.44. The molecule has 0 aliphatic heterocycles. The van der Waals surface area contributed by atoms with Crippen LogP contribution < -0.4 is 4.74 Å². The second-order valence-electron chi connectivity index (χ2n) is 3.83. The first-order valence-electron chi connectivity index (χ1n) is 5.93. The van der Waals surface area contributed by atoms with Crippen LogP contribution >= 0.6 is 11.6 Å². The Hall–Kier alpha value is -1.38. The van der Waals surface area contributed by atoms with Gasteiger partial charge in [0.05, 0.1) is 19.1 Å². The van der Waals surface area contributed by atoms with E-state index in [0.717, 1.165) is 5.56 Å². The molecule has 1 rings (SSSR count). The lowest BCUT2D eigenvalue weighted by Gasteiger charge is -2.08. The molecule has 0 bridgehead atoms. The van der Waals surface area contributed by atoms with Crippen molar-refractivity contribution in [3.05, 3.63) is 29.8 Å². The van der Waals surface area contributed by atoms with Crippen molar-refractivity contribution in [3.63, 3.8) is 0 Å². The number of hydrogen-bond acceptors (Lipinski definition) is 2. The average Bonchev–Trinajstić information content (AvgIpc) is 2.40. The van der Waals surface area contributed by atoms with Gasteiger partial charge in [0.2, 0.25) is 0 Å². The van der Waals surface area contributed by atoms with Crippen molar-refractivity contribution in [2.75, 3.05) is 25.7 Å². The van der Waals surface area contributed by atoms with Gasteiger partial charge in [-0.05, 0) is 18.2 Å². The third kappa shape index (κ3) is 7.93. The molecule has 2 nitrogen and oxygen atoms in total. The number of ether oxygens (including phenoxy) is 2. The molecular formula is C14H14ClF3O2. The second-order valence-corrected chi connectivity index (χ2v) is 4.10. The van der Waals surface area contributed by atoms with E-state index in [2.05, 4.69) is 16.6 Å². The van der Waals surface area contributed by atoms with Gasteiger partial charge in [0.15, 0.2) is 0 Å². The lowest BCUT2D eigenvalue weighted by Crippen LogP contribution is -2.18. The second kappa shape index (κ2) is 8.72. The van der Waals surface area contributed by atoms with Crippen molar-refractivity contribution < 1.29 is 22.6 Å². The Kier molecular flexibility index (Phi) is 7.27. The number of hydrogen-bond donors (Lipinski definition) is 0. The van der Waals surface area contributed by atoms with E-state index in [1.54, 1.807) is 18.2 Å². The summed E-state index contributed by atoms with van der Waals surface area (Å²) < 4.78 is 45.3. The third-order valence-electron chi connectivity index (χ3n) is 2.10. The highest BCUT2D eigenvalue weighted by Gasteiger charge is 2.27. The molecule has 1 aromatic carbocycles. The quantitative estimate of drug-likeness (QED) is 0.454. The van der Waals surface area contributed by atoms with Crippen LogP contribution in [-0.2, 0) is 4.74 Å². The highest BCUT2D eigenvalue weighted by Crippen LogP contribution is 2.15. The van der Waals surface area contributed by atoms with Crippen LogP contribution in [0.5, 0.6) is 5.75 Å². The van der Waals surface area contributed by atoms with Gasteiger partial charge in [-0.15, -0.1) is 11.6 Å². The molecule has 0 spiro atoms. The zero-order chi connectivity index (χ0) is 14.8. The first-order valence-corrected chi connectivity index (χ1v) is 6.47. The Morgan fingerprint density at radius 2 is 2.00 bits per heavy atom. The molecule has 110 valence electrons. The molecule has 0 aromatic heterocycles. The SMILES string of the molecule is FC(F)(F)COCCCOc1cccc(C#CCCl)c1. The van der Waals surface area contributed by atoms with E-state index in [0.29, 0.717) is 12.2 Å². The van der Waals surface area contributed by atoms with Crippen LogP contribution in [0, 0.1) is 11.8 Å². The summed E-state index contributed by atoms with van der Waals surface area (Å²) in [7, 11) is 0. The minimum Gasteiger partial charge on any atom is -0.493 e. The molecule has 0 heterocycles. The Bertz CT molecular complexity index is 463. The topological polar surface area (TPSA) is 18.5 Å². The van der Waals surface area contributed by atoms with Crippen LogP contribution in [0.2, 0.25) is 0 Å². The van der Waals surface area contributed by atoms with E-state index < -0.39 is 12.8 Å². The fraction of sp³-hybridized carbons (Fsp3) is 0.429. The zero-order valence-corrected chi connectivity index (χ0v) is 11.4. The lowest BCUT2D eigenvalue weighted by atomic mass is 10.2. The molecule has 1 aromatic rings. The monoisotopic (exact) mass is 306 g/mol. The third-order valence-corrected chi connectivity index (χ3v) is 2.23. The van der Waals surface area contributed by atoms with E-state index in [9.17, 15) is 13.2 Å². The molecule has 0 aliphatic rings. The summed E-state index contributed by atoms with van der Waals surface area (Å²) in [6.07, 6.45) is -3.90. The van der Waals surface area contributed by atoms with Gasteiger partial charge in [-0.25, -0.2) is 0 Å². The summed E-state index contributed by atoms with van der Waals surface area (Å²) in [6.45, 7) is -0.938. The van der Waals surface area contributed by atoms with Gasteiger partial charge in [-0.2, -0.15) is 13.2 Å². The Labute approximate surface area is 120 Å². The molecule has 0 amide bonds. The Morgan fingerprint density at radius 1 is 1.20 bits per heavy atom. The van der Waals surface area contributed by atoms with Gasteiger partial charge in [0, 0.05) is 12.0 Å². The maximum atomic E-state index is 11.8. The van der Waals surface area contributed by atoms with Crippen molar-refractivity contribution in [3.8, 4) is 17.6 Å². The summed E-state index contributed by atoms with van der Waals surface area (Å²) in [5, 5.41) is 0. The van der Waals surface area contributed by atoms with Crippen molar-refractivity contribution in [1.82, 2.24) is 0 Å². The predicted octanol–water partition coefficient (Wildman–Crippen LogP) is 3.62. The summed E-state index contributed by atoms with van der Waals surface area (Å²) in [5.41, 5.74) is 0.775. The molecule has 0 saturated carbocycles. The standard InChI is InChI=1S/C14H14ClF3O2/c15-7-2-5-12-4-1-6-13(10-12)20-9-3-8-19-11-14(16,17)18/h1,4,6,10H,3,7-9,11H2. The maximum Gasteiger partial charge on any atom is 0.411 e. The number of benzene rings is 1. The van der Waals surface area contributed by atoms with Crippen LogP contribution in [0.4, 0.5) is 13.2 Å². The van der Waals surface area contributed by atoms with Crippen LogP contribution in [0.15, 0.2) is 24.3 Å². The van der Waals surface area contributed by atoms with Crippen molar-refractivity contribution in [1.29, 1.82) is 0 Å². The molecule has 0 N–H and O–H groups in total. The van der Waals surface area contributed by atoms with Crippen LogP contribution in [0.3, 0.4) is 0 Å². The highest BCUT2D eigenvalue weighted by molar-refractivity contribution is 6.19. The smallest absolute Gasteiger partial charge is 0.411 e. The minimum atomic E-state index is -4.28. The van der Waals surface area contributed by atoms with Gasteiger partial charge in [-0.1, -0.05) is 17.9 Å². The molecular weight excluding hydrogens is 293 g/mol. The van der Waals surface area contributed by atoms with Gasteiger partial charge in [-0.3, -0.25) is 0 Å². The van der Waals surface area contributed by atoms with E-state index in [1.807, 2.05) is 6.07 Å². The molecule has 0 atom stereocenters. The lowest BCUT2D eigenvalue weighted by molar-refractivity contribution is -0.174. The van der Waals surface area contributed by atoms with Crippen LogP contribution in [0.1, 0.15) is 12.0 Å². The van der Waals surface area contributed by atoms with E-state index in [-0.39, 0.29) is 19.1 Å². The Balaban J connectivity index is 2.25. The maximum absolute atomic E-state index is 11.8. The largest absolute Gasteiger partial charge is 0.493 e. The van der Waals surface area contributed by atoms with Crippen molar-refractivity contribution >= 4 is 11.6 Å². The number of alkyl halides is 4. The highest BCUT2D eigenvalue weighted by atomic mass is 35.5. The van der Waals surface area contributed by atoms with E-state index in [1.165, 1.54) is 0 Å². The summed E-state index contributed by atoms with van der Waals surface area (Å²) >= 11 is 5.46. The molecule has 0 unspecified atom stereocenters. The van der Waals surface area contributed by atoms with Crippen molar-refractivity contribution in [2.45, 2.75) is 12.6 Å². The fourth-order valence-electron chi connectivity index (χ4n) is 1.34. The van der Waals surface area contributed by atoms with Gasteiger partial charge in [0.25, 0.3) is 0 Å². The summed E-state index contributed by atoms with van der Waals surface area (Å²) in [6, 6.07) is 7.10. The van der Waals surface area contributed by atoms with Crippen LogP contribution in [-0.4, -0.2) is 31.9 Å².